The fourth-order valence-corrected chi connectivity index (χ4v) is 2.60. The largest absolute Gasteiger partial charge is 0.573 e. The van der Waals surface area contributed by atoms with E-state index < -0.39 is 37.3 Å². The van der Waals surface area contributed by atoms with Gasteiger partial charge >= 0.3 is 6.36 Å². The number of benzene rings is 1. The molecule has 0 saturated carbocycles. The number of hydrogen-bond acceptors (Lipinski definition) is 6. The van der Waals surface area contributed by atoms with Gasteiger partial charge < -0.3 is 15.2 Å². The molecule has 0 saturated heterocycles. The van der Waals surface area contributed by atoms with Crippen molar-refractivity contribution in [2.75, 3.05) is 13.3 Å². The number of nitrogens with one attached hydrogen (secondary N) is 1. The minimum Gasteiger partial charge on any atom is -0.406 e. The van der Waals surface area contributed by atoms with E-state index in [1.807, 2.05) is 0 Å². The smallest absolute Gasteiger partial charge is 0.406 e. The number of ether oxygens (including phenoxy) is 1. The van der Waals surface area contributed by atoms with Gasteiger partial charge in [0, 0.05) is 18.8 Å². The molecule has 2 aromatic heterocycles. The monoisotopic (exact) mass is 439 g/mol. The predicted octanol–water partition coefficient (Wildman–Crippen LogP) is 2.50. The van der Waals surface area contributed by atoms with Crippen LogP contribution in [0.2, 0.25) is 0 Å². The van der Waals surface area contributed by atoms with Gasteiger partial charge in [-0.3, -0.25) is 9.48 Å². The molecule has 2 heterocycles. The molecule has 3 rings (SSSR count). The van der Waals surface area contributed by atoms with Crippen molar-refractivity contribution in [3.63, 3.8) is 0 Å². The molecule has 1 atom stereocenters. The van der Waals surface area contributed by atoms with Gasteiger partial charge in [0.1, 0.15) is 18.1 Å². The molecule has 1 aromatic carbocycles. The lowest BCUT2D eigenvalue weighted by Crippen LogP contribution is -2.39. The maximum atomic E-state index is 12.9. The number of halogens is 4. The Kier molecular flexibility index (Phi) is 6.49. The maximum Gasteiger partial charge on any atom is 0.573 e. The lowest BCUT2D eigenvalue weighted by molar-refractivity contribution is -0.274. The highest BCUT2D eigenvalue weighted by Crippen LogP contribution is 2.27. The summed E-state index contributed by atoms with van der Waals surface area (Å²) < 4.78 is 55.3. The van der Waals surface area contributed by atoms with E-state index in [-0.39, 0.29) is 17.2 Å². The fraction of sp³-hybridized carbons (Fsp3) is 0.263. The van der Waals surface area contributed by atoms with Crippen molar-refractivity contribution >= 4 is 5.91 Å². The van der Waals surface area contributed by atoms with Crippen LogP contribution in [-0.4, -0.2) is 56.4 Å². The molecular formula is C19H17F4N5O3. The number of hydrogen-bond donors (Lipinski definition) is 2. The number of nitrogens with zero attached hydrogens (tertiary/aromatic N) is 4. The summed E-state index contributed by atoms with van der Waals surface area (Å²) in [6.07, 6.45) is -1.74. The van der Waals surface area contributed by atoms with Gasteiger partial charge in [-0.15, -0.1) is 13.2 Å². The highest BCUT2D eigenvalue weighted by molar-refractivity contribution is 5.94. The van der Waals surface area contributed by atoms with Gasteiger partial charge in [-0.1, -0.05) is 0 Å². The molecule has 0 aliphatic carbocycles. The Morgan fingerprint density at radius 1 is 1.23 bits per heavy atom. The Hall–Kier alpha value is -3.54. The molecule has 0 aliphatic heterocycles. The van der Waals surface area contributed by atoms with E-state index in [1.165, 1.54) is 29.1 Å². The zero-order valence-electron chi connectivity index (χ0n) is 16.1. The standard InChI is InChI=1S/C19H17F4N5O3/c1-28-9-12(8-24-28)17-26-15(6-16(27-17)18(30)25-13(7-20)10-29)11-2-4-14(5-3-11)31-19(21,22)23/h2-6,8-9,13,29H,7,10H2,1H3,(H,25,30)/t13-/m0/s1. The van der Waals surface area contributed by atoms with Gasteiger partial charge in [0.2, 0.25) is 0 Å². The summed E-state index contributed by atoms with van der Waals surface area (Å²) in [4.78, 5) is 21.0. The highest BCUT2D eigenvalue weighted by atomic mass is 19.4. The molecule has 31 heavy (non-hydrogen) atoms. The molecule has 1 amide bonds. The third-order valence-electron chi connectivity index (χ3n) is 4.05. The van der Waals surface area contributed by atoms with E-state index in [4.69, 9.17) is 5.11 Å². The summed E-state index contributed by atoms with van der Waals surface area (Å²) in [5.74, 6) is -1.03. The van der Waals surface area contributed by atoms with Crippen molar-refractivity contribution in [2.24, 2.45) is 7.05 Å². The number of aromatic nitrogens is 4. The lowest BCUT2D eigenvalue weighted by Gasteiger charge is -2.13. The minimum absolute atomic E-state index is 0.119. The van der Waals surface area contributed by atoms with Crippen LogP contribution in [0.4, 0.5) is 17.6 Å². The molecule has 0 spiro atoms. The first-order valence-electron chi connectivity index (χ1n) is 8.90. The molecule has 2 N–H and O–H groups in total. The predicted molar refractivity (Wildman–Crippen MR) is 101 cm³/mol. The van der Waals surface area contributed by atoms with E-state index in [0.717, 1.165) is 12.1 Å². The van der Waals surface area contributed by atoms with E-state index in [1.54, 1.807) is 13.2 Å². The molecule has 8 nitrogen and oxygen atoms in total. The quantitative estimate of drug-likeness (QED) is 0.549. The number of aliphatic hydroxyl groups excluding tert-OH is 1. The number of rotatable bonds is 7. The first-order valence-corrected chi connectivity index (χ1v) is 8.90. The second-order valence-corrected chi connectivity index (χ2v) is 6.44. The van der Waals surface area contributed by atoms with Crippen molar-refractivity contribution in [2.45, 2.75) is 12.4 Å². The van der Waals surface area contributed by atoms with Crippen LogP contribution in [0.3, 0.4) is 0 Å². The van der Waals surface area contributed by atoms with Gasteiger partial charge in [0.15, 0.2) is 5.82 Å². The van der Waals surface area contributed by atoms with Crippen molar-refractivity contribution in [3.05, 3.63) is 48.4 Å². The first kappa shape index (κ1) is 22.2. The first-order chi connectivity index (χ1) is 14.7. The van der Waals surface area contributed by atoms with Crippen molar-refractivity contribution in [1.29, 1.82) is 0 Å². The van der Waals surface area contributed by atoms with Crippen LogP contribution >= 0.6 is 0 Å². The van der Waals surface area contributed by atoms with Gasteiger partial charge in [-0.25, -0.2) is 14.4 Å². The van der Waals surface area contributed by atoms with Crippen LogP contribution in [0.1, 0.15) is 10.5 Å². The minimum atomic E-state index is -4.82. The van der Waals surface area contributed by atoms with Crippen LogP contribution in [0.15, 0.2) is 42.7 Å². The number of aryl methyl sites for hydroxylation is 1. The average Bonchev–Trinajstić information content (AvgIpc) is 3.17. The van der Waals surface area contributed by atoms with E-state index in [2.05, 4.69) is 25.1 Å². The van der Waals surface area contributed by atoms with Crippen molar-refractivity contribution in [3.8, 4) is 28.4 Å². The number of amides is 1. The van der Waals surface area contributed by atoms with Crippen LogP contribution < -0.4 is 10.1 Å². The van der Waals surface area contributed by atoms with E-state index in [9.17, 15) is 22.4 Å². The lowest BCUT2D eigenvalue weighted by atomic mass is 10.1. The molecule has 164 valence electrons. The van der Waals surface area contributed by atoms with Crippen LogP contribution in [0, 0.1) is 0 Å². The van der Waals surface area contributed by atoms with Gasteiger partial charge in [-0.05, 0) is 30.3 Å². The van der Waals surface area contributed by atoms with E-state index in [0.29, 0.717) is 11.1 Å². The topological polar surface area (TPSA) is 102 Å². The summed E-state index contributed by atoms with van der Waals surface area (Å²) in [5, 5.41) is 15.4. The number of alkyl halides is 4. The molecule has 3 aromatic rings. The summed E-state index contributed by atoms with van der Waals surface area (Å²) in [6.45, 7) is -1.58. The molecular weight excluding hydrogens is 422 g/mol. The maximum absolute atomic E-state index is 12.9. The molecule has 12 heteroatoms. The summed E-state index contributed by atoms with van der Waals surface area (Å²) in [6, 6.07) is 5.11. The average molecular weight is 439 g/mol. The third kappa shape index (κ3) is 5.75. The number of carbonyl (C=O) groups is 1. The van der Waals surface area contributed by atoms with Crippen molar-refractivity contribution < 1.29 is 32.2 Å². The van der Waals surface area contributed by atoms with Crippen LogP contribution in [0.25, 0.3) is 22.6 Å². The summed E-state index contributed by atoms with van der Waals surface area (Å²) >= 11 is 0. The van der Waals surface area contributed by atoms with Gasteiger partial charge in [0.05, 0.1) is 30.1 Å². The summed E-state index contributed by atoms with van der Waals surface area (Å²) in [7, 11) is 1.67. The Labute approximate surface area is 173 Å². The molecule has 0 aliphatic rings. The highest BCUT2D eigenvalue weighted by Gasteiger charge is 2.31. The fourth-order valence-electron chi connectivity index (χ4n) is 2.60. The van der Waals surface area contributed by atoms with Gasteiger partial charge in [-0.2, -0.15) is 5.10 Å². The SMILES string of the molecule is Cn1cc(-c2nc(C(=O)N[C@H](CO)CF)cc(-c3ccc(OC(F)(F)F)cc3)n2)cn1. The third-order valence-corrected chi connectivity index (χ3v) is 4.05. The normalized spacial score (nSPS) is 12.5. The Bertz CT molecular complexity index is 1050. The molecule has 0 fully saturated rings. The van der Waals surface area contributed by atoms with Crippen molar-refractivity contribution in [1.82, 2.24) is 25.1 Å². The molecule has 0 bridgehead atoms. The molecule has 0 radical (unpaired) electrons. The Morgan fingerprint density at radius 3 is 2.48 bits per heavy atom. The number of carbonyl (C=O) groups excluding carboxylic acids is 1. The second-order valence-electron chi connectivity index (χ2n) is 6.44. The Morgan fingerprint density at radius 2 is 1.94 bits per heavy atom. The zero-order valence-corrected chi connectivity index (χ0v) is 16.1. The summed E-state index contributed by atoms with van der Waals surface area (Å²) in [5.41, 5.74) is 0.990. The van der Waals surface area contributed by atoms with Gasteiger partial charge in [0.25, 0.3) is 5.91 Å². The van der Waals surface area contributed by atoms with Crippen LogP contribution in [0.5, 0.6) is 5.75 Å². The molecule has 0 unspecified atom stereocenters. The van der Waals surface area contributed by atoms with E-state index >= 15 is 0 Å². The Balaban J connectivity index is 2.00. The number of aliphatic hydroxyl groups is 1. The second kappa shape index (κ2) is 9.08. The zero-order chi connectivity index (χ0) is 22.6. The van der Waals surface area contributed by atoms with Crippen LogP contribution in [-0.2, 0) is 7.05 Å².